The predicted octanol–water partition coefficient (Wildman–Crippen LogP) is 4.15. The lowest BCUT2D eigenvalue weighted by molar-refractivity contribution is 0.249. The summed E-state index contributed by atoms with van der Waals surface area (Å²) in [4.78, 5) is 14.5. The summed E-state index contributed by atoms with van der Waals surface area (Å²) in [7, 11) is 1.67. The van der Waals surface area contributed by atoms with Crippen LogP contribution in [0.4, 0.5) is 0 Å². The van der Waals surface area contributed by atoms with E-state index in [4.69, 9.17) is 9.15 Å². The molecule has 27 heavy (non-hydrogen) atoms. The zero-order valence-corrected chi connectivity index (χ0v) is 15.6. The number of phenolic OH excluding ortho intramolecular Hbond substituents is 1. The number of phenols is 1. The van der Waals surface area contributed by atoms with Crippen molar-refractivity contribution in [2.75, 3.05) is 13.7 Å². The Labute approximate surface area is 157 Å². The molecule has 1 aliphatic rings. The molecule has 1 aliphatic heterocycles. The van der Waals surface area contributed by atoms with E-state index in [-0.39, 0.29) is 11.4 Å². The molecule has 1 atom stereocenters. The first-order valence-corrected chi connectivity index (χ1v) is 9.20. The van der Waals surface area contributed by atoms with Crippen molar-refractivity contribution in [3.63, 3.8) is 0 Å². The Morgan fingerprint density at radius 1 is 1.22 bits per heavy atom. The van der Waals surface area contributed by atoms with Crippen LogP contribution in [0.25, 0.3) is 11.0 Å². The third kappa shape index (κ3) is 3.30. The molecule has 0 radical (unpaired) electrons. The molecule has 1 N–H and O–H groups in total. The van der Waals surface area contributed by atoms with Crippen LogP contribution in [0.15, 0.2) is 51.7 Å². The van der Waals surface area contributed by atoms with E-state index in [1.54, 1.807) is 26.2 Å². The van der Waals surface area contributed by atoms with Crippen LogP contribution < -0.4 is 10.4 Å². The number of methoxy groups -OCH3 is 1. The number of rotatable bonds is 4. The Hall–Kier alpha value is -2.79. The zero-order chi connectivity index (χ0) is 19.0. The number of hydrogen-bond donors (Lipinski definition) is 1. The molecule has 5 heteroatoms. The number of fused-ring (bicyclic) bond motifs is 1. The average Bonchev–Trinajstić information content (AvgIpc) is 3.13. The van der Waals surface area contributed by atoms with E-state index in [1.807, 2.05) is 18.2 Å². The quantitative estimate of drug-likeness (QED) is 0.704. The predicted molar refractivity (Wildman–Crippen MR) is 104 cm³/mol. The number of aromatic hydroxyl groups is 1. The highest BCUT2D eigenvalue weighted by Gasteiger charge is 2.27. The summed E-state index contributed by atoms with van der Waals surface area (Å²) in [5, 5.41) is 10.8. The van der Waals surface area contributed by atoms with Crippen LogP contribution in [0.3, 0.4) is 0 Å². The van der Waals surface area contributed by atoms with Crippen LogP contribution in [-0.2, 0) is 6.54 Å². The molecule has 3 aromatic rings. The summed E-state index contributed by atoms with van der Waals surface area (Å²) in [5.74, 6) is 0.991. The second kappa shape index (κ2) is 7.08. The summed E-state index contributed by atoms with van der Waals surface area (Å²) in [6.45, 7) is 3.42. The van der Waals surface area contributed by atoms with Gasteiger partial charge in [0, 0.05) is 29.6 Å². The normalized spacial score (nSPS) is 17.5. The largest absolute Gasteiger partial charge is 0.508 e. The van der Waals surface area contributed by atoms with Gasteiger partial charge >= 0.3 is 5.63 Å². The lowest BCUT2D eigenvalue weighted by atomic mass is 10.0. The van der Waals surface area contributed by atoms with Gasteiger partial charge in [-0.15, -0.1) is 0 Å². The highest BCUT2D eigenvalue weighted by atomic mass is 16.5. The van der Waals surface area contributed by atoms with Crippen molar-refractivity contribution in [3.05, 3.63) is 69.6 Å². The molecule has 4 rings (SSSR count). The van der Waals surface area contributed by atoms with Gasteiger partial charge in [-0.05, 0) is 61.7 Å². The summed E-state index contributed by atoms with van der Waals surface area (Å²) in [6.07, 6.45) is 2.21. The number of benzene rings is 2. The fraction of sp³-hybridized carbons (Fsp3) is 0.318. The smallest absolute Gasteiger partial charge is 0.336 e. The van der Waals surface area contributed by atoms with Crippen molar-refractivity contribution in [1.29, 1.82) is 0 Å². The minimum Gasteiger partial charge on any atom is -0.508 e. The SMILES string of the molecule is COc1ccc(C2CCCN2Cc2cc(=O)oc3c(C)c(O)ccc23)cc1. The van der Waals surface area contributed by atoms with Crippen LogP contribution in [-0.4, -0.2) is 23.7 Å². The Morgan fingerprint density at radius 2 is 2.00 bits per heavy atom. The molecule has 0 aliphatic carbocycles. The van der Waals surface area contributed by atoms with Crippen molar-refractivity contribution < 1.29 is 14.3 Å². The number of hydrogen-bond acceptors (Lipinski definition) is 5. The van der Waals surface area contributed by atoms with Gasteiger partial charge < -0.3 is 14.3 Å². The van der Waals surface area contributed by atoms with Crippen LogP contribution >= 0.6 is 0 Å². The molecule has 1 saturated heterocycles. The standard InChI is InChI=1S/C22H23NO4/c1-14-20(24)10-9-18-16(12-21(25)27-22(14)18)13-23-11-3-4-19(23)15-5-7-17(26-2)8-6-15/h5-10,12,19,24H,3-4,11,13H2,1-2H3. The molecule has 0 amide bonds. The average molecular weight is 365 g/mol. The van der Waals surface area contributed by atoms with Crippen molar-refractivity contribution >= 4 is 11.0 Å². The maximum absolute atomic E-state index is 12.1. The van der Waals surface area contributed by atoms with Gasteiger partial charge in [-0.25, -0.2) is 4.79 Å². The molecule has 0 bridgehead atoms. The topological polar surface area (TPSA) is 62.9 Å². The van der Waals surface area contributed by atoms with Crippen LogP contribution in [0, 0.1) is 6.92 Å². The first kappa shape index (κ1) is 17.6. The highest BCUT2D eigenvalue weighted by Crippen LogP contribution is 2.35. The van der Waals surface area contributed by atoms with Gasteiger partial charge in [0.05, 0.1) is 7.11 Å². The van der Waals surface area contributed by atoms with Gasteiger partial charge in [-0.1, -0.05) is 12.1 Å². The zero-order valence-electron chi connectivity index (χ0n) is 15.6. The van der Waals surface area contributed by atoms with E-state index in [2.05, 4.69) is 17.0 Å². The van der Waals surface area contributed by atoms with Crippen LogP contribution in [0.1, 0.15) is 35.6 Å². The summed E-state index contributed by atoms with van der Waals surface area (Å²) in [5.41, 5.74) is 2.88. The van der Waals surface area contributed by atoms with Gasteiger partial charge in [-0.2, -0.15) is 0 Å². The van der Waals surface area contributed by atoms with Crippen LogP contribution in [0.2, 0.25) is 0 Å². The Morgan fingerprint density at radius 3 is 2.74 bits per heavy atom. The van der Waals surface area contributed by atoms with E-state index in [0.29, 0.717) is 23.7 Å². The minimum atomic E-state index is -0.383. The molecule has 1 aromatic heterocycles. The van der Waals surface area contributed by atoms with Crippen molar-refractivity contribution in [2.45, 2.75) is 32.4 Å². The fourth-order valence-electron chi connectivity index (χ4n) is 3.98. The van der Waals surface area contributed by atoms with Gasteiger partial charge in [0.25, 0.3) is 0 Å². The Kier molecular flexibility index (Phi) is 4.62. The lowest BCUT2D eigenvalue weighted by Gasteiger charge is -2.25. The molecule has 1 fully saturated rings. The molecule has 2 aromatic carbocycles. The van der Waals surface area contributed by atoms with Crippen molar-refractivity contribution in [3.8, 4) is 11.5 Å². The van der Waals surface area contributed by atoms with Crippen LogP contribution in [0.5, 0.6) is 11.5 Å². The molecule has 140 valence electrons. The molecular weight excluding hydrogens is 342 g/mol. The second-order valence-corrected chi connectivity index (χ2v) is 7.08. The molecular formula is C22H23NO4. The van der Waals surface area contributed by atoms with Gasteiger partial charge in [0.15, 0.2) is 0 Å². The summed E-state index contributed by atoms with van der Waals surface area (Å²) < 4.78 is 10.6. The van der Waals surface area contributed by atoms with E-state index in [9.17, 15) is 9.90 Å². The lowest BCUT2D eigenvalue weighted by Crippen LogP contribution is -2.23. The molecule has 2 heterocycles. The van der Waals surface area contributed by atoms with E-state index >= 15 is 0 Å². The van der Waals surface area contributed by atoms with Crippen molar-refractivity contribution in [1.82, 2.24) is 4.90 Å². The third-order valence-corrected chi connectivity index (χ3v) is 5.46. The van der Waals surface area contributed by atoms with E-state index in [1.165, 1.54) is 5.56 Å². The second-order valence-electron chi connectivity index (χ2n) is 7.08. The maximum atomic E-state index is 12.1. The molecule has 0 saturated carbocycles. The van der Waals surface area contributed by atoms with Gasteiger partial charge in [0.2, 0.25) is 0 Å². The summed E-state index contributed by atoms with van der Waals surface area (Å²) in [6, 6.07) is 13.6. The van der Waals surface area contributed by atoms with Gasteiger partial charge in [0.1, 0.15) is 17.1 Å². The minimum absolute atomic E-state index is 0.139. The summed E-state index contributed by atoms with van der Waals surface area (Å²) >= 11 is 0. The number of aryl methyl sites for hydroxylation is 1. The highest BCUT2D eigenvalue weighted by molar-refractivity contribution is 5.84. The first-order valence-electron chi connectivity index (χ1n) is 9.20. The number of ether oxygens (including phenoxy) is 1. The molecule has 5 nitrogen and oxygen atoms in total. The van der Waals surface area contributed by atoms with E-state index < -0.39 is 0 Å². The Bertz CT molecular complexity index is 1020. The van der Waals surface area contributed by atoms with Gasteiger partial charge in [-0.3, -0.25) is 4.90 Å². The van der Waals surface area contributed by atoms with Crippen molar-refractivity contribution in [2.24, 2.45) is 0 Å². The molecule has 1 unspecified atom stereocenters. The first-order chi connectivity index (χ1) is 13.1. The maximum Gasteiger partial charge on any atom is 0.336 e. The number of nitrogens with zero attached hydrogens (tertiary/aromatic N) is 1. The third-order valence-electron chi connectivity index (χ3n) is 5.46. The Balaban J connectivity index is 1.68. The molecule has 0 spiro atoms. The monoisotopic (exact) mass is 365 g/mol. The fourth-order valence-corrected chi connectivity index (χ4v) is 3.98. The number of likely N-dealkylation sites (tertiary alicyclic amines) is 1. The van der Waals surface area contributed by atoms with E-state index in [0.717, 1.165) is 36.1 Å².